The highest BCUT2D eigenvalue weighted by atomic mass is 16.5. The van der Waals surface area contributed by atoms with Crippen LogP contribution < -0.4 is 10.1 Å². The van der Waals surface area contributed by atoms with Gasteiger partial charge in [-0.1, -0.05) is 30.3 Å². The smallest absolute Gasteiger partial charge is 0.322 e. The Hall–Kier alpha value is -3.21. The normalized spacial score (nSPS) is 13.1. The average Bonchev–Trinajstić information content (AvgIpc) is 3.49. The first-order chi connectivity index (χ1) is 14.2. The first-order valence-electron chi connectivity index (χ1n) is 10.2. The summed E-state index contributed by atoms with van der Waals surface area (Å²) < 4.78 is 7.68. The van der Waals surface area contributed by atoms with Crippen LogP contribution in [-0.2, 0) is 13.1 Å². The molecule has 1 fully saturated rings. The molecule has 1 saturated carbocycles. The van der Waals surface area contributed by atoms with Gasteiger partial charge in [0.1, 0.15) is 5.75 Å². The molecule has 0 saturated heterocycles. The molecule has 0 bridgehead atoms. The van der Waals surface area contributed by atoms with E-state index in [4.69, 9.17) is 4.74 Å². The van der Waals surface area contributed by atoms with Gasteiger partial charge in [-0.3, -0.25) is 0 Å². The monoisotopic (exact) mass is 389 g/mol. The first-order valence-corrected chi connectivity index (χ1v) is 10.2. The van der Waals surface area contributed by atoms with Gasteiger partial charge < -0.3 is 19.5 Å². The van der Waals surface area contributed by atoms with Gasteiger partial charge in [-0.2, -0.15) is 0 Å². The number of nitrogens with one attached hydrogen (secondary N) is 1. The first kappa shape index (κ1) is 19.1. The van der Waals surface area contributed by atoms with E-state index in [1.807, 2.05) is 48.2 Å². The van der Waals surface area contributed by atoms with Crippen LogP contribution in [0.2, 0.25) is 0 Å². The van der Waals surface area contributed by atoms with Gasteiger partial charge in [-0.25, -0.2) is 4.79 Å². The maximum Gasteiger partial charge on any atom is 0.322 e. The van der Waals surface area contributed by atoms with Crippen LogP contribution in [0, 0.1) is 0 Å². The van der Waals surface area contributed by atoms with E-state index in [2.05, 4.69) is 46.4 Å². The molecule has 5 heteroatoms. The number of aromatic nitrogens is 1. The van der Waals surface area contributed by atoms with E-state index in [-0.39, 0.29) is 6.03 Å². The van der Waals surface area contributed by atoms with Crippen molar-refractivity contribution in [2.75, 3.05) is 11.9 Å². The molecule has 1 aliphatic rings. The second-order valence-corrected chi connectivity index (χ2v) is 7.36. The zero-order valence-electron chi connectivity index (χ0n) is 16.8. The maximum absolute atomic E-state index is 13.0. The Morgan fingerprint density at radius 1 is 1.07 bits per heavy atom. The summed E-state index contributed by atoms with van der Waals surface area (Å²) in [4.78, 5) is 14.9. The summed E-state index contributed by atoms with van der Waals surface area (Å²) in [5.41, 5.74) is 3.17. The molecule has 150 valence electrons. The number of hydrogen-bond acceptors (Lipinski definition) is 2. The lowest BCUT2D eigenvalue weighted by molar-refractivity contribution is 0.204. The lowest BCUT2D eigenvalue weighted by Crippen LogP contribution is -2.36. The van der Waals surface area contributed by atoms with E-state index in [1.54, 1.807) is 0 Å². The minimum absolute atomic E-state index is 0.0517. The van der Waals surface area contributed by atoms with Gasteiger partial charge in [0, 0.05) is 30.2 Å². The summed E-state index contributed by atoms with van der Waals surface area (Å²) in [5, 5.41) is 3.04. The molecule has 3 aromatic rings. The topological polar surface area (TPSA) is 46.5 Å². The van der Waals surface area contributed by atoms with E-state index in [0.717, 1.165) is 36.5 Å². The molecular weight excluding hydrogens is 362 g/mol. The molecule has 5 nitrogen and oxygen atoms in total. The van der Waals surface area contributed by atoms with Gasteiger partial charge in [-0.05, 0) is 61.7 Å². The van der Waals surface area contributed by atoms with Crippen molar-refractivity contribution in [2.24, 2.45) is 0 Å². The van der Waals surface area contributed by atoms with Crippen LogP contribution in [0.1, 0.15) is 31.0 Å². The molecule has 0 unspecified atom stereocenters. The number of carbonyl (C=O) groups is 1. The zero-order chi connectivity index (χ0) is 20.1. The number of ether oxygens (including phenoxy) is 1. The van der Waals surface area contributed by atoms with Crippen LogP contribution in [0.4, 0.5) is 10.5 Å². The van der Waals surface area contributed by atoms with Crippen LogP contribution in [0.15, 0.2) is 72.9 Å². The molecule has 1 aliphatic carbocycles. The van der Waals surface area contributed by atoms with Crippen molar-refractivity contribution >= 4 is 11.7 Å². The van der Waals surface area contributed by atoms with Gasteiger partial charge in [0.2, 0.25) is 0 Å². The Morgan fingerprint density at radius 3 is 2.52 bits per heavy atom. The van der Waals surface area contributed by atoms with E-state index in [1.165, 1.54) is 5.56 Å². The Bertz CT molecular complexity index is 930. The van der Waals surface area contributed by atoms with Crippen LogP contribution in [-0.4, -0.2) is 28.1 Å². The predicted octanol–water partition coefficient (Wildman–Crippen LogP) is 5.13. The Morgan fingerprint density at radius 2 is 1.83 bits per heavy atom. The van der Waals surface area contributed by atoms with Crippen LogP contribution in [0.25, 0.3) is 0 Å². The highest BCUT2D eigenvalue weighted by Gasteiger charge is 2.33. The fraction of sp³-hybridized carbons (Fsp3) is 0.292. The van der Waals surface area contributed by atoms with Crippen LogP contribution in [0.5, 0.6) is 5.75 Å². The lowest BCUT2D eigenvalue weighted by Gasteiger charge is -2.24. The van der Waals surface area contributed by atoms with Crippen molar-refractivity contribution in [3.05, 3.63) is 84.2 Å². The summed E-state index contributed by atoms with van der Waals surface area (Å²) in [6, 6.07) is 22.3. The molecule has 2 aromatic carbocycles. The third-order valence-corrected chi connectivity index (χ3v) is 5.12. The Labute approximate surface area is 171 Å². The molecule has 0 atom stereocenters. The van der Waals surface area contributed by atoms with Gasteiger partial charge in [-0.15, -0.1) is 0 Å². The molecule has 0 aliphatic heterocycles. The van der Waals surface area contributed by atoms with Crippen molar-refractivity contribution in [1.82, 2.24) is 9.47 Å². The molecule has 0 spiro atoms. The van der Waals surface area contributed by atoms with E-state index in [9.17, 15) is 4.79 Å². The molecule has 1 N–H and O–H groups in total. The molecule has 29 heavy (non-hydrogen) atoms. The highest BCUT2D eigenvalue weighted by Crippen LogP contribution is 2.29. The number of anilines is 1. The molecule has 1 heterocycles. The number of rotatable bonds is 8. The number of amides is 2. The number of nitrogens with zero attached hydrogens (tertiary/aromatic N) is 2. The quantitative estimate of drug-likeness (QED) is 0.580. The summed E-state index contributed by atoms with van der Waals surface area (Å²) in [6.45, 7) is 4.00. The summed E-state index contributed by atoms with van der Waals surface area (Å²) in [7, 11) is 0. The number of carbonyl (C=O) groups excluding carboxylic acids is 1. The molecule has 4 rings (SSSR count). The molecular formula is C24H27N3O2. The van der Waals surface area contributed by atoms with E-state index >= 15 is 0 Å². The Balaban J connectivity index is 1.43. The predicted molar refractivity (Wildman–Crippen MR) is 115 cm³/mol. The van der Waals surface area contributed by atoms with E-state index < -0.39 is 0 Å². The second kappa shape index (κ2) is 8.86. The maximum atomic E-state index is 13.0. The SMILES string of the molecule is CCOc1ccc(NC(=O)N(Cc2cccn2Cc2ccccc2)C2CC2)cc1. The summed E-state index contributed by atoms with van der Waals surface area (Å²) in [6.07, 6.45) is 4.21. The van der Waals surface area contributed by atoms with Crippen LogP contribution >= 0.6 is 0 Å². The van der Waals surface area contributed by atoms with Crippen molar-refractivity contribution in [1.29, 1.82) is 0 Å². The molecule has 1 aromatic heterocycles. The van der Waals surface area contributed by atoms with Gasteiger partial charge in [0.05, 0.1) is 13.2 Å². The average molecular weight is 389 g/mol. The van der Waals surface area contributed by atoms with Gasteiger partial charge in [0.15, 0.2) is 0 Å². The number of urea groups is 1. The van der Waals surface area contributed by atoms with Crippen LogP contribution in [0.3, 0.4) is 0 Å². The van der Waals surface area contributed by atoms with E-state index in [0.29, 0.717) is 19.2 Å². The number of benzene rings is 2. The lowest BCUT2D eigenvalue weighted by atomic mass is 10.2. The van der Waals surface area contributed by atoms with Gasteiger partial charge >= 0.3 is 6.03 Å². The van der Waals surface area contributed by atoms with Crippen molar-refractivity contribution in [3.63, 3.8) is 0 Å². The largest absolute Gasteiger partial charge is 0.494 e. The highest BCUT2D eigenvalue weighted by molar-refractivity contribution is 5.89. The third kappa shape index (κ3) is 4.99. The summed E-state index contributed by atoms with van der Waals surface area (Å²) >= 11 is 0. The summed E-state index contributed by atoms with van der Waals surface area (Å²) in [5.74, 6) is 0.809. The third-order valence-electron chi connectivity index (χ3n) is 5.12. The minimum Gasteiger partial charge on any atom is -0.494 e. The number of hydrogen-bond donors (Lipinski definition) is 1. The second-order valence-electron chi connectivity index (χ2n) is 7.36. The fourth-order valence-electron chi connectivity index (χ4n) is 3.45. The molecule has 0 radical (unpaired) electrons. The van der Waals surface area contributed by atoms with Crippen molar-refractivity contribution < 1.29 is 9.53 Å². The van der Waals surface area contributed by atoms with Crippen molar-refractivity contribution in [2.45, 2.75) is 38.9 Å². The van der Waals surface area contributed by atoms with Gasteiger partial charge in [0.25, 0.3) is 0 Å². The zero-order valence-corrected chi connectivity index (χ0v) is 16.8. The molecule has 2 amide bonds. The fourth-order valence-corrected chi connectivity index (χ4v) is 3.45. The van der Waals surface area contributed by atoms with Crippen molar-refractivity contribution in [3.8, 4) is 5.75 Å². The minimum atomic E-state index is -0.0517. The standard InChI is InChI=1S/C24H27N3O2/c1-2-29-23-14-10-20(11-15-23)25-24(28)27(21-12-13-21)18-22-9-6-16-26(22)17-19-7-4-3-5-8-19/h3-11,14-16,21H,2,12-13,17-18H2,1H3,(H,25,28). The Kier molecular flexibility index (Phi) is 5.84.